The van der Waals surface area contributed by atoms with Crippen molar-refractivity contribution in [2.45, 2.75) is 18.3 Å². The maximum Gasteiger partial charge on any atom is 0.119 e. The quantitative estimate of drug-likeness (QED) is 0.798. The van der Waals surface area contributed by atoms with Crippen molar-refractivity contribution in [1.29, 1.82) is 0 Å². The van der Waals surface area contributed by atoms with Gasteiger partial charge in [0.25, 0.3) is 0 Å². The highest BCUT2D eigenvalue weighted by atomic mass is 32.2. The molecular weight excluding hydrogens is 180 g/mol. The van der Waals surface area contributed by atoms with Crippen molar-refractivity contribution < 1.29 is 5.11 Å². The Balaban J connectivity index is 2.30. The fourth-order valence-corrected chi connectivity index (χ4v) is 2.84. The number of phenols is 1. The van der Waals surface area contributed by atoms with Gasteiger partial charge in [0.1, 0.15) is 5.75 Å². The standard InChI is InChI=1S/C11H14OS/c1-13-8-11(6-7-11)9-4-2-3-5-10(9)12/h2-5,12H,6-8H2,1H3. The first kappa shape index (κ1) is 8.95. The molecule has 1 saturated carbocycles. The smallest absolute Gasteiger partial charge is 0.119 e. The molecule has 0 bridgehead atoms. The molecule has 0 unspecified atom stereocenters. The van der Waals surface area contributed by atoms with E-state index in [1.165, 1.54) is 12.8 Å². The minimum Gasteiger partial charge on any atom is -0.508 e. The highest BCUT2D eigenvalue weighted by Crippen LogP contribution is 2.52. The fraction of sp³-hybridized carbons (Fsp3) is 0.455. The monoisotopic (exact) mass is 194 g/mol. The van der Waals surface area contributed by atoms with Crippen LogP contribution >= 0.6 is 11.8 Å². The molecule has 1 aliphatic rings. The molecule has 1 aromatic rings. The molecule has 1 aliphatic carbocycles. The second-order valence-corrected chi connectivity index (χ2v) is 4.60. The molecule has 0 amide bonds. The molecule has 70 valence electrons. The number of thioether (sulfide) groups is 1. The predicted molar refractivity (Wildman–Crippen MR) is 57.4 cm³/mol. The van der Waals surface area contributed by atoms with Gasteiger partial charge in [-0.15, -0.1) is 0 Å². The van der Waals surface area contributed by atoms with Gasteiger partial charge in [-0.1, -0.05) is 18.2 Å². The Kier molecular flexibility index (Phi) is 2.24. The number of hydrogen-bond acceptors (Lipinski definition) is 2. The topological polar surface area (TPSA) is 20.2 Å². The lowest BCUT2D eigenvalue weighted by Crippen LogP contribution is -2.09. The van der Waals surface area contributed by atoms with Crippen LogP contribution in [0.3, 0.4) is 0 Å². The molecule has 0 spiro atoms. The van der Waals surface area contributed by atoms with E-state index in [2.05, 4.69) is 12.3 Å². The van der Waals surface area contributed by atoms with Crippen LogP contribution in [-0.2, 0) is 5.41 Å². The Labute approximate surface area is 83.2 Å². The average molecular weight is 194 g/mol. The Bertz CT molecular complexity index is 305. The molecule has 2 rings (SSSR count). The molecule has 0 saturated heterocycles. The Morgan fingerprint density at radius 2 is 2.08 bits per heavy atom. The summed E-state index contributed by atoms with van der Waals surface area (Å²) in [7, 11) is 0. The molecule has 1 nitrogen and oxygen atoms in total. The van der Waals surface area contributed by atoms with E-state index in [1.54, 1.807) is 6.07 Å². The molecule has 0 atom stereocenters. The maximum absolute atomic E-state index is 9.70. The molecule has 0 radical (unpaired) electrons. The van der Waals surface area contributed by atoms with Crippen LogP contribution in [0.1, 0.15) is 18.4 Å². The van der Waals surface area contributed by atoms with Gasteiger partial charge in [0.15, 0.2) is 0 Å². The Hall–Kier alpha value is -0.630. The summed E-state index contributed by atoms with van der Waals surface area (Å²) in [6, 6.07) is 7.73. The summed E-state index contributed by atoms with van der Waals surface area (Å²) in [6.07, 6.45) is 4.58. The van der Waals surface area contributed by atoms with E-state index in [-0.39, 0.29) is 0 Å². The fourth-order valence-electron chi connectivity index (χ4n) is 1.84. The summed E-state index contributed by atoms with van der Waals surface area (Å²) < 4.78 is 0. The Morgan fingerprint density at radius 1 is 1.38 bits per heavy atom. The van der Waals surface area contributed by atoms with Gasteiger partial charge in [-0.3, -0.25) is 0 Å². The normalized spacial score (nSPS) is 18.5. The zero-order valence-electron chi connectivity index (χ0n) is 7.79. The summed E-state index contributed by atoms with van der Waals surface area (Å²) >= 11 is 1.86. The van der Waals surface area contributed by atoms with Crippen LogP contribution in [0.4, 0.5) is 0 Å². The third-order valence-corrected chi connectivity index (χ3v) is 3.59. The van der Waals surface area contributed by atoms with E-state index in [4.69, 9.17) is 0 Å². The molecule has 1 aromatic carbocycles. The first-order valence-electron chi connectivity index (χ1n) is 4.56. The summed E-state index contributed by atoms with van der Waals surface area (Å²) in [5.41, 5.74) is 1.44. The summed E-state index contributed by atoms with van der Waals surface area (Å²) in [6.45, 7) is 0. The van der Waals surface area contributed by atoms with Gasteiger partial charge in [-0.25, -0.2) is 0 Å². The lowest BCUT2D eigenvalue weighted by Gasteiger charge is -2.15. The first-order chi connectivity index (χ1) is 6.28. The average Bonchev–Trinajstić information content (AvgIpc) is 2.87. The van der Waals surface area contributed by atoms with Crippen LogP contribution in [-0.4, -0.2) is 17.1 Å². The van der Waals surface area contributed by atoms with E-state index in [9.17, 15) is 5.11 Å². The van der Waals surface area contributed by atoms with Crippen LogP contribution < -0.4 is 0 Å². The number of phenolic OH excluding ortho intramolecular Hbond substituents is 1. The molecule has 1 fully saturated rings. The van der Waals surface area contributed by atoms with Gasteiger partial charge < -0.3 is 5.11 Å². The molecule has 13 heavy (non-hydrogen) atoms. The van der Waals surface area contributed by atoms with E-state index in [0.29, 0.717) is 11.2 Å². The van der Waals surface area contributed by atoms with Crippen molar-refractivity contribution in [3.63, 3.8) is 0 Å². The van der Waals surface area contributed by atoms with Crippen LogP contribution in [0.2, 0.25) is 0 Å². The van der Waals surface area contributed by atoms with E-state index in [0.717, 1.165) is 11.3 Å². The van der Waals surface area contributed by atoms with Crippen molar-refractivity contribution >= 4 is 11.8 Å². The molecule has 0 aromatic heterocycles. The van der Waals surface area contributed by atoms with Crippen molar-refractivity contribution in [3.8, 4) is 5.75 Å². The van der Waals surface area contributed by atoms with Gasteiger partial charge in [0, 0.05) is 16.7 Å². The number of benzene rings is 1. The van der Waals surface area contributed by atoms with Gasteiger partial charge in [-0.05, 0) is 25.2 Å². The third kappa shape index (κ3) is 1.55. The zero-order valence-corrected chi connectivity index (χ0v) is 8.60. The van der Waals surface area contributed by atoms with Crippen LogP contribution in [0.5, 0.6) is 5.75 Å². The highest BCUT2D eigenvalue weighted by Gasteiger charge is 2.45. The van der Waals surface area contributed by atoms with Crippen LogP contribution in [0.25, 0.3) is 0 Å². The lowest BCUT2D eigenvalue weighted by atomic mass is 9.97. The van der Waals surface area contributed by atoms with E-state index < -0.39 is 0 Å². The SMILES string of the molecule is CSCC1(c2ccccc2O)CC1. The van der Waals surface area contributed by atoms with Crippen LogP contribution in [0, 0.1) is 0 Å². The predicted octanol–water partition coefficient (Wildman–Crippen LogP) is 2.79. The molecule has 2 heteroatoms. The highest BCUT2D eigenvalue weighted by molar-refractivity contribution is 7.98. The minimum absolute atomic E-state index is 0.296. The van der Waals surface area contributed by atoms with Crippen molar-refractivity contribution in [3.05, 3.63) is 29.8 Å². The summed E-state index contributed by atoms with van der Waals surface area (Å²) in [5.74, 6) is 1.60. The molecule has 1 N–H and O–H groups in total. The second-order valence-electron chi connectivity index (χ2n) is 3.73. The first-order valence-corrected chi connectivity index (χ1v) is 5.95. The lowest BCUT2D eigenvalue weighted by molar-refractivity contribution is 0.462. The summed E-state index contributed by atoms with van der Waals surface area (Å²) in [4.78, 5) is 0. The third-order valence-electron chi connectivity index (χ3n) is 2.75. The van der Waals surface area contributed by atoms with Crippen molar-refractivity contribution in [1.82, 2.24) is 0 Å². The second kappa shape index (κ2) is 3.26. The van der Waals surface area contributed by atoms with Gasteiger partial charge in [0.2, 0.25) is 0 Å². The van der Waals surface area contributed by atoms with E-state index in [1.807, 2.05) is 23.9 Å². The van der Waals surface area contributed by atoms with E-state index >= 15 is 0 Å². The number of hydrogen-bond donors (Lipinski definition) is 1. The largest absolute Gasteiger partial charge is 0.508 e. The zero-order chi connectivity index (χ0) is 9.31. The number of para-hydroxylation sites is 1. The van der Waals surface area contributed by atoms with Gasteiger partial charge in [0.05, 0.1) is 0 Å². The van der Waals surface area contributed by atoms with Crippen molar-refractivity contribution in [2.24, 2.45) is 0 Å². The molecule has 0 heterocycles. The minimum atomic E-state index is 0.296. The van der Waals surface area contributed by atoms with Crippen LogP contribution in [0.15, 0.2) is 24.3 Å². The molecule has 0 aliphatic heterocycles. The van der Waals surface area contributed by atoms with Crippen molar-refractivity contribution in [2.75, 3.05) is 12.0 Å². The maximum atomic E-state index is 9.70. The summed E-state index contributed by atoms with van der Waals surface area (Å²) in [5, 5.41) is 9.70. The van der Waals surface area contributed by atoms with Gasteiger partial charge in [-0.2, -0.15) is 11.8 Å². The number of aromatic hydroxyl groups is 1. The Morgan fingerprint density at radius 3 is 2.62 bits per heavy atom. The molecular formula is C11H14OS. The number of rotatable bonds is 3. The van der Waals surface area contributed by atoms with Gasteiger partial charge >= 0.3 is 0 Å².